The number of carbonyl (C=O) groups is 1. The number of halogens is 10. The summed E-state index contributed by atoms with van der Waals surface area (Å²) in [7, 11) is 0. The standard InChI is InChI=1S/C15H20F10N2O3/c1-5-9(7(3)29-14(20,21)22)26-11(28)27(13(18,19)12(26,16)17)10(6-2)8(4)30-15(23,24)25/h7-10H,5-6H2,1-4H3. The Kier molecular flexibility index (Phi) is 7.56. The van der Waals surface area contributed by atoms with Gasteiger partial charge in [-0.05, 0) is 26.7 Å². The van der Waals surface area contributed by atoms with Gasteiger partial charge in [-0.25, -0.2) is 4.79 Å². The first-order valence-electron chi connectivity index (χ1n) is 8.69. The molecule has 1 saturated heterocycles. The highest BCUT2D eigenvalue weighted by Gasteiger charge is 2.76. The van der Waals surface area contributed by atoms with Crippen molar-refractivity contribution in [3.05, 3.63) is 0 Å². The molecule has 0 aromatic rings. The van der Waals surface area contributed by atoms with E-state index in [1.54, 1.807) is 0 Å². The molecule has 0 radical (unpaired) electrons. The number of rotatable bonds is 8. The number of alkyl halides is 10. The molecule has 4 unspecified atom stereocenters. The van der Waals surface area contributed by atoms with Crippen molar-refractivity contribution in [2.75, 3.05) is 0 Å². The fourth-order valence-electron chi connectivity index (χ4n) is 3.37. The van der Waals surface area contributed by atoms with Crippen molar-refractivity contribution in [3.63, 3.8) is 0 Å². The van der Waals surface area contributed by atoms with Crippen LogP contribution in [0, 0.1) is 0 Å². The molecule has 2 amide bonds. The molecule has 0 bridgehead atoms. The lowest BCUT2D eigenvalue weighted by Gasteiger charge is -2.35. The molecular formula is C15H20F10N2O3. The van der Waals surface area contributed by atoms with Crippen molar-refractivity contribution in [2.45, 2.75) is 89.6 Å². The van der Waals surface area contributed by atoms with Crippen molar-refractivity contribution >= 4 is 6.03 Å². The van der Waals surface area contributed by atoms with Crippen LogP contribution in [0.15, 0.2) is 0 Å². The predicted octanol–water partition coefficient (Wildman–Crippen LogP) is 5.32. The SMILES string of the molecule is CCC(C(C)OC(F)(F)F)N1C(=O)N(C(CC)C(C)OC(F)(F)F)C(F)(F)C1(F)F. The van der Waals surface area contributed by atoms with Crippen molar-refractivity contribution < 1.29 is 58.2 Å². The summed E-state index contributed by atoms with van der Waals surface area (Å²) >= 11 is 0. The van der Waals surface area contributed by atoms with E-state index >= 15 is 0 Å². The van der Waals surface area contributed by atoms with Crippen LogP contribution in [0.1, 0.15) is 40.5 Å². The molecule has 1 rings (SSSR count). The van der Waals surface area contributed by atoms with E-state index in [1.165, 1.54) is 0 Å². The van der Waals surface area contributed by atoms with Crippen LogP contribution in [0.3, 0.4) is 0 Å². The van der Waals surface area contributed by atoms with E-state index < -0.39 is 77.8 Å². The van der Waals surface area contributed by atoms with Crippen LogP contribution in [0.5, 0.6) is 0 Å². The molecule has 0 aliphatic carbocycles. The highest BCUT2D eigenvalue weighted by Crippen LogP contribution is 2.50. The Morgan fingerprint density at radius 1 is 0.767 bits per heavy atom. The Balaban J connectivity index is 3.38. The average Bonchev–Trinajstić information content (AvgIpc) is 2.64. The number of amides is 2. The number of ether oxygens (including phenoxy) is 2. The van der Waals surface area contributed by atoms with Gasteiger partial charge in [-0.1, -0.05) is 13.8 Å². The Labute approximate surface area is 164 Å². The molecule has 1 heterocycles. The zero-order chi connectivity index (χ0) is 23.9. The molecule has 1 aliphatic rings. The van der Waals surface area contributed by atoms with Crippen LogP contribution in [-0.2, 0) is 9.47 Å². The topological polar surface area (TPSA) is 42.0 Å². The number of carbonyl (C=O) groups excluding carboxylic acids is 1. The number of hydrogen-bond donors (Lipinski definition) is 0. The minimum absolute atomic E-state index is 0.645. The summed E-state index contributed by atoms with van der Waals surface area (Å²) in [6.45, 7) is 3.41. The molecule has 0 spiro atoms. The zero-order valence-corrected chi connectivity index (χ0v) is 16.1. The minimum atomic E-state index is -5.33. The van der Waals surface area contributed by atoms with E-state index in [0.29, 0.717) is 13.8 Å². The Bertz CT molecular complexity index is 560. The van der Waals surface area contributed by atoms with Crippen LogP contribution < -0.4 is 0 Å². The second-order valence-electron chi connectivity index (χ2n) is 6.59. The van der Waals surface area contributed by atoms with Crippen molar-refractivity contribution in [1.29, 1.82) is 0 Å². The molecule has 0 aromatic carbocycles. The molecule has 30 heavy (non-hydrogen) atoms. The van der Waals surface area contributed by atoms with Gasteiger partial charge in [0.15, 0.2) is 0 Å². The van der Waals surface area contributed by atoms with Gasteiger partial charge in [-0.2, -0.15) is 17.6 Å². The normalized spacial score (nSPS) is 23.5. The molecule has 1 aliphatic heterocycles. The summed E-state index contributed by atoms with van der Waals surface area (Å²) < 4.78 is 140. The molecule has 4 atom stereocenters. The Hall–Kier alpha value is -1.51. The Morgan fingerprint density at radius 3 is 1.23 bits per heavy atom. The fourth-order valence-corrected chi connectivity index (χ4v) is 3.37. The molecule has 15 heteroatoms. The van der Waals surface area contributed by atoms with Crippen LogP contribution in [0.2, 0.25) is 0 Å². The maximum Gasteiger partial charge on any atom is 0.522 e. The van der Waals surface area contributed by atoms with Crippen LogP contribution in [0.4, 0.5) is 48.7 Å². The summed E-state index contributed by atoms with van der Waals surface area (Å²) in [6, 6.07) is -17.1. The van der Waals surface area contributed by atoms with E-state index in [9.17, 15) is 48.7 Å². The van der Waals surface area contributed by atoms with Gasteiger partial charge in [-0.15, -0.1) is 26.3 Å². The lowest BCUT2D eigenvalue weighted by Crippen LogP contribution is -2.57. The molecule has 178 valence electrons. The monoisotopic (exact) mass is 466 g/mol. The molecule has 5 nitrogen and oxygen atoms in total. The first kappa shape index (κ1) is 26.5. The van der Waals surface area contributed by atoms with Gasteiger partial charge in [0.2, 0.25) is 0 Å². The summed E-state index contributed by atoms with van der Waals surface area (Å²) in [5, 5.41) is 0. The highest BCUT2D eigenvalue weighted by atomic mass is 19.4. The van der Waals surface area contributed by atoms with Crippen molar-refractivity contribution in [1.82, 2.24) is 9.80 Å². The second-order valence-corrected chi connectivity index (χ2v) is 6.59. The maximum absolute atomic E-state index is 14.5. The van der Waals surface area contributed by atoms with Gasteiger partial charge in [-0.3, -0.25) is 19.3 Å². The highest BCUT2D eigenvalue weighted by molar-refractivity contribution is 5.79. The third-order valence-corrected chi connectivity index (χ3v) is 4.60. The van der Waals surface area contributed by atoms with Gasteiger partial charge in [0, 0.05) is 0 Å². The number of urea groups is 1. The summed E-state index contributed by atoms with van der Waals surface area (Å²) in [6.07, 6.45) is -16.3. The van der Waals surface area contributed by atoms with Gasteiger partial charge < -0.3 is 0 Å². The van der Waals surface area contributed by atoms with Gasteiger partial charge >= 0.3 is 30.8 Å². The summed E-state index contributed by atoms with van der Waals surface area (Å²) in [5.74, 6) is 0. The smallest absolute Gasteiger partial charge is 0.287 e. The molecule has 0 aromatic heterocycles. The average molecular weight is 466 g/mol. The van der Waals surface area contributed by atoms with Gasteiger partial charge in [0.1, 0.15) is 0 Å². The maximum atomic E-state index is 14.5. The van der Waals surface area contributed by atoms with Crippen molar-refractivity contribution in [3.8, 4) is 0 Å². The van der Waals surface area contributed by atoms with E-state index in [-0.39, 0.29) is 0 Å². The zero-order valence-electron chi connectivity index (χ0n) is 16.1. The first-order valence-corrected chi connectivity index (χ1v) is 8.69. The molecule has 0 N–H and O–H groups in total. The largest absolute Gasteiger partial charge is 0.522 e. The van der Waals surface area contributed by atoms with E-state index in [0.717, 1.165) is 13.8 Å². The Morgan fingerprint density at radius 2 is 1.03 bits per heavy atom. The van der Waals surface area contributed by atoms with Crippen LogP contribution in [-0.4, -0.2) is 64.9 Å². The fraction of sp³-hybridized carbons (Fsp3) is 0.933. The molecule has 0 saturated carbocycles. The number of nitrogens with zero attached hydrogens (tertiary/aromatic N) is 2. The van der Waals surface area contributed by atoms with Gasteiger partial charge in [0.25, 0.3) is 0 Å². The van der Waals surface area contributed by atoms with E-state index in [4.69, 9.17) is 0 Å². The lowest BCUT2D eigenvalue weighted by atomic mass is 10.1. The van der Waals surface area contributed by atoms with E-state index in [1.807, 2.05) is 0 Å². The molecule has 1 fully saturated rings. The summed E-state index contributed by atoms with van der Waals surface area (Å²) in [4.78, 5) is 11.0. The quantitative estimate of drug-likeness (QED) is 0.360. The first-order chi connectivity index (χ1) is 13.3. The third kappa shape index (κ3) is 5.21. The second kappa shape index (κ2) is 8.55. The third-order valence-electron chi connectivity index (χ3n) is 4.60. The summed E-state index contributed by atoms with van der Waals surface area (Å²) in [5.41, 5.74) is 0. The van der Waals surface area contributed by atoms with E-state index in [2.05, 4.69) is 9.47 Å². The van der Waals surface area contributed by atoms with Crippen LogP contribution >= 0.6 is 0 Å². The van der Waals surface area contributed by atoms with Gasteiger partial charge in [0.05, 0.1) is 24.3 Å². The lowest BCUT2D eigenvalue weighted by molar-refractivity contribution is -0.357. The van der Waals surface area contributed by atoms with Crippen LogP contribution in [0.25, 0.3) is 0 Å². The molecular weight excluding hydrogens is 446 g/mol. The predicted molar refractivity (Wildman–Crippen MR) is 80.3 cm³/mol. The number of hydrogen-bond acceptors (Lipinski definition) is 3. The van der Waals surface area contributed by atoms with Crippen molar-refractivity contribution in [2.24, 2.45) is 0 Å². The minimum Gasteiger partial charge on any atom is -0.287 e.